The van der Waals surface area contributed by atoms with Gasteiger partial charge in [0.2, 0.25) is 0 Å². The Morgan fingerprint density at radius 1 is 1.59 bits per heavy atom. The van der Waals surface area contributed by atoms with E-state index in [4.69, 9.17) is 0 Å². The number of hydrogen-bond donors (Lipinski definition) is 1. The Bertz CT molecular complexity index is 465. The number of fused-ring (bicyclic) bond motifs is 1. The van der Waals surface area contributed by atoms with E-state index in [2.05, 4.69) is 15.3 Å². The first kappa shape index (κ1) is 12.0. The van der Waals surface area contributed by atoms with Crippen LogP contribution in [0.3, 0.4) is 0 Å². The Morgan fingerprint density at radius 2 is 2.35 bits per heavy atom. The summed E-state index contributed by atoms with van der Waals surface area (Å²) in [7, 11) is 0. The predicted molar refractivity (Wildman–Crippen MR) is 68.0 cm³/mol. The van der Waals surface area contributed by atoms with Crippen molar-refractivity contribution < 1.29 is 9.59 Å². The summed E-state index contributed by atoms with van der Waals surface area (Å²) in [6.45, 7) is 4.42. The first-order valence-corrected chi connectivity index (χ1v) is 6.27. The van der Waals surface area contributed by atoms with E-state index in [1.165, 1.54) is 18.1 Å². The van der Waals surface area contributed by atoms with Gasteiger partial charge in [0.05, 0.1) is 9.95 Å². The molecule has 0 radical (unpaired) electrons. The molecule has 90 valence electrons. The number of nitrogens with zero attached hydrogens (tertiary/aromatic N) is 2. The summed E-state index contributed by atoms with van der Waals surface area (Å²) in [5, 5.41) is 3.46. The summed E-state index contributed by atoms with van der Waals surface area (Å²) in [5.41, 5.74) is 0.754. The van der Waals surface area contributed by atoms with Crippen LogP contribution in [-0.4, -0.2) is 29.7 Å². The van der Waals surface area contributed by atoms with Crippen LogP contribution in [0.1, 0.15) is 20.3 Å². The lowest BCUT2D eigenvalue weighted by Crippen LogP contribution is -2.25. The van der Waals surface area contributed by atoms with Crippen LogP contribution in [0.5, 0.6) is 0 Å². The lowest BCUT2D eigenvalue weighted by Gasteiger charge is -2.09. The smallest absolute Gasteiger partial charge is 0.261 e. The molecule has 0 fully saturated rings. The molecule has 0 spiro atoms. The molecule has 1 unspecified atom stereocenters. The second kappa shape index (κ2) is 4.83. The van der Waals surface area contributed by atoms with Crippen molar-refractivity contribution in [3.05, 3.63) is 10.5 Å². The molecule has 0 saturated heterocycles. The van der Waals surface area contributed by atoms with Crippen LogP contribution in [0.4, 0.5) is 0 Å². The first-order valence-electron chi connectivity index (χ1n) is 5.46. The zero-order valence-electron chi connectivity index (χ0n) is 9.69. The van der Waals surface area contributed by atoms with Crippen molar-refractivity contribution in [1.29, 1.82) is 0 Å². The van der Waals surface area contributed by atoms with Crippen molar-refractivity contribution in [2.24, 2.45) is 15.9 Å². The maximum Gasteiger partial charge on any atom is 0.261 e. The number of amides is 2. The highest BCUT2D eigenvalue weighted by molar-refractivity contribution is 8.18. The van der Waals surface area contributed by atoms with E-state index in [1.54, 1.807) is 6.92 Å². The lowest BCUT2D eigenvalue weighted by atomic mass is 10.00. The molecule has 17 heavy (non-hydrogen) atoms. The fourth-order valence-electron chi connectivity index (χ4n) is 1.71. The van der Waals surface area contributed by atoms with Crippen LogP contribution in [0.2, 0.25) is 0 Å². The number of aliphatic imine (C=N–C) groups is 2. The zero-order chi connectivity index (χ0) is 12.4. The third kappa shape index (κ3) is 2.17. The number of thioether (sulfide) groups is 1. The molecule has 2 amide bonds. The Labute approximate surface area is 103 Å². The van der Waals surface area contributed by atoms with E-state index in [1.807, 2.05) is 6.92 Å². The number of hydrogen-bond acceptors (Lipinski definition) is 4. The number of carbonyl (C=O) groups is 2. The third-order valence-electron chi connectivity index (χ3n) is 2.60. The fraction of sp³-hybridized carbons (Fsp3) is 0.455. The Balaban J connectivity index is 2.20. The van der Waals surface area contributed by atoms with Crippen LogP contribution in [0, 0.1) is 5.92 Å². The van der Waals surface area contributed by atoms with Gasteiger partial charge < -0.3 is 5.32 Å². The van der Waals surface area contributed by atoms with Gasteiger partial charge in [-0.15, -0.1) is 0 Å². The van der Waals surface area contributed by atoms with Gasteiger partial charge in [-0.25, -0.2) is 9.98 Å². The highest BCUT2D eigenvalue weighted by Gasteiger charge is 2.38. The second-order valence-corrected chi connectivity index (χ2v) is 4.88. The predicted octanol–water partition coefficient (Wildman–Crippen LogP) is 1.12. The monoisotopic (exact) mass is 251 g/mol. The van der Waals surface area contributed by atoms with Crippen LogP contribution in [0.15, 0.2) is 20.5 Å². The maximum atomic E-state index is 11.9. The van der Waals surface area contributed by atoms with E-state index in [9.17, 15) is 9.59 Å². The Kier molecular flexibility index (Phi) is 3.42. The molecule has 2 aliphatic rings. The van der Waals surface area contributed by atoms with Crippen LogP contribution >= 0.6 is 11.8 Å². The molecule has 0 aromatic rings. The van der Waals surface area contributed by atoms with Gasteiger partial charge >= 0.3 is 0 Å². The molecule has 2 rings (SSSR count). The zero-order valence-corrected chi connectivity index (χ0v) is 10.5. The van der Waals surface area contributed by atoms with Crippen LogP contribution < -0.4 is 5.32 Å². The van der Waals surface area contributed by atoms with E-state index in [0.717, 1.165) is 12.0 Å². The molecular weight excluding hydrogens is 238 g/mol. The summed E-state index contributed by atoms with van der Waals surface area (Å²) in [6, 6.07) is 0. The second-order valence-electron chi connectivity index (χ2n) is 3.85. The summed E-state index contributed by atoms with van der Waals surface area (Å²) in [5.74, 6) is -0.801. The van der Waals surface area contributed by atoms with Crippen molar-refractivity contribution >= 4 is 35.0 Å². The van der Waals surface area contributed by atoms with Crippen LogP contribution in [0.25, 0.3) is 0 Å². The molecule has 1 N–H and O–H groups in total. The van der Waals surface area contributed by atoms with E-state index in [0.29, 0.717) is 16.5 Å². The van der Waals surface area contributed by atoms with Gasteiger partial charge in [0, 0.05) is 6.54 Å². The number of carbonyl (C=O) groups excluding carboxylic acids is 2. The normalized spacial score (nSPS) is 22.6. The topological polar surface area (TPSA) is 70.9 Å². The SMILES string of the molecule is CCCNC(=O)C1=C(C)C2C(=O)N=CN=C2S1. The van der Waals surface area contributed by atoms with Crippen LogP contribution in [-0.2, 0) is 9.59 Å². The molecule has 2 aliphatic heterocycles. The average Bonchev–Trinajstić information content (AvgIpc) is 2.65. The lowest BCUT2D eigenvalue weighted by molar-refractivity contribution is -0.118. The van der Waals surface area contributed by atoms with Gasteiger partial charge in [0.1, 0.15) is 12.3 Å². The summed E-state index contributed by atoms with van der Waals surface area (Å²) < 4.78 is 0. The van der Waals surface area contributed by atoms with E-state index < -0.39 is 5.92 Å². The Morgan fingerprint density at radius 3 is 3.00 bits per heavy atom. The molecule has 0 bridgehead atoms. The summed E-state index contributed by atoms with van der Waals surface area (Å²) >= 11 is 1.27. The number of nitrogens with one attached hydrogen (secondary N) is 1. The highest BCUT2D eigenvalue weighted by atomic mass is 32.2. The van der Waals surface area contributed by atoms with Crippen molar-refractivity contribution in [2.75, 3.05) is 6.54 Å². The van der Waals surface area contributed by atoms with Gasteiger partial charge in [-0.1, -0.05) is 18.7 Å². The van der Waals surface area contributed by atoms with Crippen molar-refractivity contribution in [2.45, 2.75) is 20.3 Å². The van der Waals surface area contributed by atoms with Crippen molar-refractivity contribution in [3.8, 4) is 0 Å². The molecular formula is C11H13N3O2S. The molecule has 0 aromatic carbocycles. The summed E-state index contributed by atoms with van der Waals surface area (Å²) in [4.78, 5) is 31.8. The minimum Gasteiger partial charge on any atom is -0.352 e. The molecule has 5 nitrogen and oxygen atoms in total. The molecule has 0 aliphatic carbocycles. The van der Waals surface area contributed by atoms with Crippen molar-refractivity contribution in [3.63, 3.8) is 0 Å². The van der Waals surface area contributed by atoms with Gasteiger partial charge in [-0.3, -0.25) is 9.59 Å². The molecule has 0 saturated carbocycles. The minimum atomic E-state index is -0.438. The maximum absolute atomic E-state index is 11.9. The third-order valence-corrected chi connectivity index (χ3v) is 3.87. The Hall–Kier alpha value is -1.43. The average molecular weight is 251 g/mol. The largest absolute Gasteiger partial charge is 0.352 e. The van der Waals surface area contributed by atoms with Gasteiger partial charge in [-0.2, -0.15) is 0 Å². The van der Waals surface area contributed by atoms with Gasteiger partial charge in [0.15, 0.2) is 0 Å². The van der Waals surface area contributed by atoms with E-state index in [-0.39, 0.29) is 11.8 Å². The quantitative estimate of drug-likeness (QED) is 0.817. The standard InChI is InChI=1S/C11H13N3O2S/c1-3-4-12-10(16)8-6(2)7-9(15)13-5-14-11(7)17-8/h5,7H,3-4H2,1-2H3,(H,12,16). The van der Waals surface area contributed by atoms with E-state index >= 15 is 0 Å². The van der Waals surface area contributed by atoms with Gasteiger partial charge in [-0.05, 0) is 18.9 Å². The fourth-order valence-corrected chi connectivity index (χ4v) is 2.86. The van der Waals surface area contributed by atoms with Crippen molar-refractivity contribution in [1.82, 2.24) is 5.32 Å². The molecule has 0 aromatic heterocycles. The summed E-state index contributed by atoms with van der Waals surface area (Å²) in [6.07, 6.45) is 2.14. The molecule has 1 atom stereocenters. The highest BCUT2D eigenvalue weighted by Crippen LogP contribution is 2.39. The number of rotatable bonds is 3. The molecule has 6 heteroatoms. The molecule has 2 heterocycles. The van der Waals surface area contributed by atoms with Gasteiger partial charge in [0.25, 0.3) is 11.8 Å². The minimum absolute atomic E-state index is 0.126. The first-order chi connectivity index (χ1) is 8.15.